The van der Waals surface area contributed by atoms with E-state index in [1.54, 1.807) is 21.5 Å². The highest BCUT2D eigenvalue weighted by atomic mass is 19.2. The third-order valence-corrected chi connectivity index (χ3v) is 4.67. The molecule has 0 bridgehead atoms. The monoisotopic (exact) mass is 355 g/mol. The number of fused-ring (bicyclic) bond motifs is 2. The maximum atomic E-state index is 14.4. The van der Waals surface area contributed by atoms with Crippen molar-refractivity contribution < 1.29 is 13.2 Å². The van der Waals surface area contributed by atoms with Crippen LogP contribution in [-0.4, -0.2) is 24.4 Å². The Kier molecular flexibility index (Phi) is 3.15. The molecule has 1 aromatic carbocycles. The summed E-state index contributed by atoms with van der Waals surface area (Å²) in [5.41, 5.74) is 3.35. The average molecular weight is 355 g/mol. The molecule has 0 fully saturated rings. The van der Waals surface area contributed by atoms with Crippen LogP contribution in [0.1, 0.15) is 12.1 Å². The molecule has 1 aliphatic rings. The fourth-order valence-electron chi connectivity index (χ4n) is 3.49. The van der Waals surface area contributed by atoms with Gasteiger partial charge in [0, 0.05) is 41.2 Å². The van der Waals surface area contributed by atoms with Gasteiger partial charge in [-0.25, -0.2) is 22.7 Å². The minimum Gasteiger partial charge on any atom is -0.268 e. The maximum Gasteiger partial charge on any atom is 0.161 e. The summed E-state index contributed by atoms with van der Waals surface area (Å²) in [6.45, 7) is 0.708. The fraction of sp³-hybridized carbons (Fsp3) is 0.167. The lowest BCUT2D eigenvalue weighted by Gasteiger charge is -2.07. The molecule has 0 spiro atoms. The summed E-state index contributed by atoms with van der Waals surface area (Å²) in [5.74, 6) is -3.17. The van der Waals surface area contributed by atoms with Crippen LogP contribution in [0.15, 0.2) is 36.8 Å². The molecule has 5 rings (SSSR count). The summed E-state index contributed by atoms with van der Waals surface area (Å²) in [6, 6.07) is 5.06. The van der Waals surface area contributed by atoms with Crippen molar-refractivity contribution in [2.75, 3.05) is 0 Å². The molecule has 3 aromatic heterocycles. The quantitative estimate of drug-likeness (QED) is 0.516. The van der Waals surface area contributed by atoms with Crippen molar-refractivity contribution >= 4 is 5.65 Å². The van der Waals surface area contributed by atoms with E-state index in [-0.39, 0.29) is 5.56 Å². The van der Waals surface area contributed by atoms with Crippen LogP contribution in [0.25, 0.3) is 28.0 Å². The van der Waals surface area contributed by atoms with E-state index >= 15 is 0 Å². The largest absolute Gasteiger partial charge is 0.268 e. The number of benzene rings is 1. The van der Waals surface area contributed by atoms with E-state index in [0.717, 1.165) is 30.2 Å². The molecule has 4 aromatic rings. The molecule has 0 atom stereocenters. The standard InChI is InChI=1S/C18H12F3N5/c19-12-7-14(21)13(20)6-11(12)18-17(15-2-1-5-25(15)24-18)10-3-4-16-22-9-23-26(16)8-10/h3-4,6-9H,1-2,5H2. The highest BCUT2D eigenvalue weighted by Crippen LogP contribution is 2.38. The van der Waals surface area contributed by atoms with Crippen molar-refractivity contribution in [3.05, 3.63) is 59.9 Å². The Morgan fingerprint density at radius 3 is 2.73 bits per heavy atom. The lowest BCUT2D eigenvalue weighted by molar-refractivity contribution is 0.496. The topological polar surface area (TPSA) is 48.0 Å². The van der Waals surface area contributed by atoms with Crippen LogP contribution in [0, 0.1) is 17.5 Å². The molecule has 130 valence electrons. The zero-order chi connectivity index (χ0) is 17.8. The van der Waals surface area contributed by atoms with Gasteiger partial charge in [-0.2, -0.15) is 10.2 Å². The van der Waals surface area contributed by atoms with E-state index in [2.05, 4.69) is 15.2 Å². The highest BCUT2D eigenvalue weighted by Gasteiger charge is 2.26. The third kappa shape index (κ3) is 2.15. The van der Waals surface area contributed by atoms with Gasteiger partial charge >= 0.3 is 0 Å². The van der Waals surface area contributed by atoms with Crippen LogP contribution in [0.4, 0.5) is 13.2 Å². The van der Waals surface area contributed by atoms with Crippen molar-refractivity contribution in [1.29, 1.82) is 0 Å². The van der Waals surface area contributed by atoms with Crippen molar-refractivity contribution in [2.45, 2.75) is 19.4 Å². The average Bonchev–Trinajstić information content (AvgIpc) is 3.32. The van der Waals surface area contributed by atoms with E-state index in [1.165, 1.54) is 6.33 Å². The number of aryl methyl sites for hydroxylation is 1. The van der Waals surface area contributed by atoms with Gasteiger partial charge in [0.05, 0.1) is 0 Å². The number of rotatable bonds is 2. The van der Waals surface area contributed by atoms with E-state index in [4.69, 9.17) is 0 Å². The summed E-state index contributed by atoms with van der Waals surface area (Å²) >= 11 is 0. The van der Waals surface area contributed by atoms with E-state index in [0.29, 0.717) is 29.5 Å². The number of halogens is 3. The Hall–Kier alpha value is -3.16. The lowest BCUT2D eigenvalue weighted by atomic mass is 9.98. The molecule has 0 N–H and O–H groups in total. The minimum absolute atomic E-state index is 0.0560. The molecule has 4 heterocycles. The molecule has 0 saturated carbocycles. The van der Waals surface area contributed by atoms with E-state index < -0.39 is 17.5 Å². The molecular formula is C18H12F3N5. The molecule has 26 heavy (non-hydrogen) atoms. The molecule has 0 aliphatic carbocycles. The molecule has 1 aliphatic heterocycles. The highest BCUT2D eigenvalue weighted by molar-refractivity contribution is 5.83. The summed E-state index contributed by atoms with van der Waals surface area (Å²) in [7, 11) is 0. The molecule has 5 nitrogen and oxygen atoms in total. The van der Waals surface area contributed by atoms with Gasteiger partial charge in [0.1, 0.15) is 17.8 Å². The molecular weight excluding hydrogens is 343 g/mol. The second kappa shape index (κ2) is 5.42. The van der Waals surface area contributed by atoms with Crippen LogP contribution in [-0.2, 0) is 13.0 Å². The Labute approximate surface area is 145 Å². The number of aromatic nitrogens is 5. The molecule has 8 heteroatoms. The second-order valence-electron chi connectivity index (χ2n) is 6.22. The normalized spacial score (nSPS) is 13.5. The number of pyridine rings is 1. The first-order valence-corrected chi connectivity index (χ1v) is 8.16. The predicted molar refractivity (Wildman–Crippen MR) is 87.8 cm³/mol. The van der Waals surface area contributed by atoms with Gasteiger partial charge in [0.15, 0.2) is 17.3 Å². The third-order valence-electron chi connectivity index (χ3n) is 4.67. The molecule has 0 amide bonds. The summed E-state index contributed by atoms with van der Waals surface area (Å²) < 4.78 is 44.9. The Bertz CT molecular complexity index is 1160. The fourth-order valence-corrected chi connectivity index (χ4v) is 3.49. The van der Waals surface area contributed by atoms with Crippen LogP contribution < -0.4 is 0 Å². The van der Waals surface area contributed by atoms with Gasteiger partial charge in [0.2, 0.25) is 0 Å². The zero-order valence-corrected chi connectivity index (χ0v) is 13.5. The van der Waals surface area contributed by atoms with Crippen molar-refractivity contribution in [3.63, 3.8) is 0 Å². The van der Waals surface area contributed by atoms with Crippen LogP contribution in [0.2, 0.25) is 0 Å². The number of hydrogen-bond donors (Lipinski definition) is 0. The van der Waals surface area contributed by atoms with Crippen molar-refractivity contribution in [1.82, 2.24) is 24.4 Å². The first-order chi connectivity index (χ1) is 12.6. The van der Waals surface area contributed by atoms with E-state index in [9.17, 15) is 13.2 Å². The predicted octanol–water partition coefficient (Wildman–Crippen LogP) is 3.62. The Balaban J connectivity index is 1.78. The van der Waals surface area contributed by atoms with E-state index in [1.807, 2.05) is 6.07 Å². The zero-order valence-electron chi connectivity index (χ0n) is 13.5. The summed E-state index contributed by atoms with van der Waals surface area (Å²) in [4.78, 5) is 4.11. The Morgan fingerprint density at radius 1 is 1.00 bits per heavy atom. The van der Waals surface area contributed by atoms with Gasteiger partial charge in [-0.3, -0.25) is 4.68 Å². The number of hydrogen-bond acceptors (Lipinski definition) is 3. The maximum absolute atomic E-state index is 14.4. The minimum atomic E-state index is -1.22. The van der Waals surface area contributed by atoms with Crippen LogP contribution in [0.5, 0.6) is 0 Å². The lowest BCUT2D eigenvalue weighted by Crippen LogP contribution is -1.96. The number of nitrogens with zero attached hydrogens (tertiary/aromatic N) is 5. The van der Waals surface area contributed by atoms with Crippen molar-refractivity contribution in [2.24, 2.45) is 0 Å². The van der Waals surface area contributed by atoms with Gasteiger partial charge < -0.3 is 0 Å². The van der Waals surface area contributed by atoms with Crippen molar-refractivity contribution in [3.8, 4) is 22.4 Å². The van der Waals surface area contributed by atoms with Gasteiger partial charge in [0.25, 0.3) is 0 Å². The Morgan fingerprint density at radius 2 is 1.85 bits per heavy atom. The van der Waals surface area contributed by atoms with Gasteiger partial charge in [-0.05, 0) is 31.0 Å². The summed E-state index contributed by atoms with van der Waals surface area (Å²) in [5, 5.41) is 8.60. The smallest absolute Gasteiger partial charge is 0.161 e. The van der Waals surface area contributed by atoms with Crippen LogP contribution >= 0.6 is 0 Å². The second-order valence-corrected chi connectivity index (χ2v) is 6.22. The van der Waals surface area contributed by atoms with Gasteiger partial charge in [-0.15, -0.1) is 0 Å². The molecule has 0 saturated heterocycles. The van der Waals surface area contributed by atoms with Crippen LogP contribution in [0.3, 0.4) is 0 Å². The molecule has 0 radical (unpaired) electrons. The first kappa shape index (κ1) is 15.1. The molecule has 0 unspecified atom stereocenters. The summed E-state index contributed by atoms with van der Waals surface area (Å²) in [6.07, 6.45) is 4.93. The van der Waals surface area contributed by atoms with Gasteiger partial charge in [-0.1, -0.05) is 0 Å². The SMILES string of the molecule is Fc1cc(F)c(-c2nn3c(c2-c2ccc4ncnn4c2)CCC3)cc1F. The first-order valence-electron chi connectivity index (χ1n) is 8.16.